The van der Waals surface area contributed by atoms with Crippen LogP contribution in [0.4, 0.5) is 17.3 Å². The Balaban J connectivity index is 1.23. The van der Waals surface area contributed by atoms with Crippen LogP contribution in [0.2, 0.25) is 5.02 Å². The van der Waals surface area contributed by atoms with Gasteiger partial charge in [0.25, 0.3) is 0 Å². The van der Waals surface area contributed by atoms with Crippen molar-refractivity contribution in [3.8, 4) is 5.75 Å². The SMILES string of the molecule is COCCN(C)C(=O)C1=Cc2c(ncnc2Nc2ccc(OC3CCN(C(=O)C4CCCC4)CC3)c(Cl)c2)NCC1. The van der Waals surface area contributed by atoms with Crippen LogP contribution < -0.4 is 15.4 Å². The standard InChI is InChI=1S/C30H39ClN6O4/c1-36(15-16-40-2)29(38)21-9-12-32-27-24(17-21)28(34-19-33-27)35-22-7-8-26(25(31)18-22)41-23-10-13-37(14-11-23)30(39)20-5-3-4-6-20/h7-8,17-20,23H,3-6,9-16H2,1-2H3,(H2,32,33,34,35). The summed E-state index contributed by atoms with van der Waals surface area (Å²) in [6, 6.07) is 5.56. The number of anilines is 3. The van der Waals surface area contributed by atoms with Gasteiger partial charge in [-0.2, -0.15) is 0 Å². The van der Waals surface area contributed by atoms with Gasteiger partial charge in [0, 0.05) is 70.4 Å². The summed E-state index contributed by atoms with van der Waals surface area (Å²) in [7, 11) is 3.39. The molecule has 0 bridgehead atoms. The second-order valence-electron chi connectivity index (χ2n) is 10.9. The molecule has 220 valence electrons. The molecule has 0 spiro atoms. The number of ether oxygens (including phenoxy) is 2. The molecule has 1 aliphatic carbocycles. The third kappa shape index (κ3) is 7.11. The number of benzene rings is 1. The Hall–Kier alpha value is -3.37. The van der Waals surface area contributed by atoms with Crippen LogP contribution in [-0.2, 0) is 14.3 Å². The van der Waals surface area contributed by atoms with Crippen molar-refractivity contribution in [2.45, 2.75) is 51.0 Å². The lowest BCUT2D eigenvalue weighted by atomic mass is 10.0. The molecule has 11 heteroatoms. The van der Waals surface area contributed by atoms with E-state index in [0.29, 0.717) is 65.6 Å². The van der Waals surface area contributed by atoms with E-state index >= 15 is 0 Å². The number of rotatable bonds is 9. The molecule has 10 nitrogen and oxygen atoms in total. The fraction of sp³-hybridized carbons (Fsp3) is 0.533. The Kier molecular flexibility index (Phi) is 9.61. The van der Waals surface area contributed by atoms with E-state index in [9.17, 15) is 9.59 Å². The van der Waals surface area contributed by atoms with E-state index in [1.165, 1.54) is 19.2 Å². The van der Waals surface area contributed by atoms with Crippen molar-refractivity contribution < 1.29 is 19.1 Å². The molecule has 3 aliphatic rings. The Morgan fingerprint density at radius 2 is 1.95 bits per heavy atom. The van der Waals surface area contributed by atoms with Crippen LogP contribution in [0.3, 0.4) is 0 Å². The van der Waals surface area contributed by atoms with Gasteiger partial charge in [-0.15, -0.1) is 0 Å². The van der Waals surface area contributed by atoms with E-state index in [-0.39, 0.29) is 17.9 Å². The number of piperidine rings is 1. The normalized spacial score (nSPS) is 17.7. The first-order chi connectivity index (χ1) is 19.9. The molecule has 0 unspecified atom stereocenters. The zero-order valence-corrected chi connectivity index (χ0v) is 24.6. The highest BCUT2D eigenvalue weighted by Crippen LogP contribution is 2.34. The summed E-state index contributed by atoms with van der Waals surface area (Å²) in [6.45, 7) is 3.02. The highest BCUT2D eigenvalue weighted by atomic mass is 35.5. The molecule has 2 amide bonds. The molecular weight excluding hydrogens is 544 g/mol. The van der Waals surface area contributed by atoms with Gasteiger partial charge in [-0.3, -0.25) is 9.59 Å². The van der Waals surface area contributed by atoms with Crippen molar-refractivity contribution in [2.75, 3.05) is 57.6 Å². The van der Waals surface area contributed by atoms with Crippen molar-refractivity contribution >= 4 is 46.8 Å². The van der Waals surface area contributed by atoms with E-state index in [2.05, 4.69) is 20.6 Å². The summed E-state index contributed by atoms with van der Waals surface area (Å²) in [6.07, 6.45) is 9.91. The molecule has 2 fully saturated rings. The lowest BCUT2D eigenvalue weighted by Gasteiger charge is -2.33. The van der Waals surface area contributed by atoms with Crippen molar-refractivity contribution in [3.05, 3.63) is 40.7 Å². The second kappa shape index (κ2) is 13.5. The van der Waals surface area contributed by atoms with E-state index in [4.69, 9.17) is 21.1 Å². The van der Waals surface area contributed by atoms with E-state index in [1.54, 1.807) is 19.1 Å². The lowest BCUT2D eigenvalue weighted by Crippen LogP contribution is -2.44. The molecule has 1 saturated carbocycles. The predicted molar refractivity (Wildman–Crippen MR) is 160 cm³/mol. The van der Waals surface area contributed by atoms with Crippen molar-refractivity contribution in [2.24, 2.45) is 5.92 Å². The van der Waals surface area contributed by atoms with Gasteiger partial charge in [-0.25, -0.2) is 9.97 Å². The number of amides is 2. The second-order valence-corrected chi connectivity index (χ2v) is 11.4. The third-order valence-corrected chi connectivity index (χ3v) is 8.38. The highest BCUT2D eigenvalue weighted by molar-refractivity contribution is 6.32. The van der Waals surface area contributed by atoms with Crippen LogP contribution in [0.15, 0.2) is 30.1 Å². The van der Waals surface area contributed by atoms with Crippen molar-refractivity contribution in [1.29, 1.82) is 0 Å². The molecule has 1 aromatic carbocycles. The molecule has 3 heterocycles. The number of carbonyl (C=O) groups is 2. The Labute approximate surface area is 246 Å². The van der Waals surface area contributed by atoms with Crippen molar-refractivity contribution in [3.63, 3.8) is 0 Å². The minimum atomic E-state index is -0.0511. The van der Waals surface area contributed by atoms with Gasteiger partial charge in [0.15, 0.2) is 0 Å². The summed E-state index contributed by atoms with van der Waals surface area (Å²) < 4.78 is 11.4. The fourth-order valence-electron chi connectivity index (χ4n) is 5.69. The number of methoxy groups -OCH3 is 1. The van der Waals surface area contributed by atoms with Crippen molar-refractivity contribution in [1.82, 2.24) is 19.8 Å². The van der Waals surface area contributed by atoms with Gasteiger partial charge in [0.2, 0.25) is 11.8 Å². The van der Waals surface area contributed by atoms with Gasteiger partial charge in [-0.05, 0) is 43.5 Å². The first kappa shape index (κ1) is 29.1. The number of halogens is 1. The minimum Gasteiger partial charge on any atom is -0.489 e. The Morgan fingerprint density at radius 1 is 1.17 bits per heavy atom. The van der Waals surface area contributed by atoms with Gasteiger partial charge in [0.05, 0.1) is 17.2 Å². The molecular formula is C30H39ClN6O4. The lowest BCUT2D eigenvalue weighted by molar-refractivity contribution is -0.137. The zero-order valence-electron chi connectivity index (χ0n) is 23.8. The molecule has 1 aromatic heterocycles. The minimum absolute atomic E-state index is 0.0192. The van der Waals surface area contributed by atoms with E-state index in [1.807, 2.05) is 29.2 Å². The number of nitrogens with zero attached hydrogens (tertiary/aromatic N) is 4. The molecule has 5 rings (SSSR count). The van der Waals surface area contributed by atoms with Crippen LogP contribution in [0.25, 0.3) is 6.08 Å². The molecule has 0 atom stereocenters. The first-order valence-electron chi connectivity index (χ1n) is 14.5. The summed E-state index contributed by atoms with van der Waals surface area (Å²) >= 11 is 6.64. The number of nitrogens with one attached hydrogen (secondary N) is 2. The molecule has 0 radical (unpaired) electrons. The molecule has 41 heavy (non-hydrogen) atoms. The van der Waals surface area contributed by atoms with Gasteiger partial charge in [0.1, 0.15) is 29.8 Å². The van der Waals surface area contributed by atoms with Gasteiger partial charge in [-0.1, -0.05) is 24.4 Å². The number of carbonyl (C=O) groups excluding carboxylic acids is 2. The predicted octanol–water partition coefficient (Wildman–Crippen LogP) is 4.74. The maximum Gasteiger partial charge on any atom is 0.249 e. The number of aromatic nitrogens is 2. The van der Waals surface area contributed by atoms with Crippen LogP contribution in [0.5, 0.6) is 5.75 Å². The summed E-state index contributed by atoms with van der Waals surface area (Å²) in [5, 5.41) is 7.13. The Morgan fingerprint density at radius 3 is 2.68 bits per heavy atom. The Bertz CT molecular complexity index is 1270. The number of likely N-dealkylation sites (N-methyl/N-ethyl adjacent to an activating group) is 1. The summed E-state index contributed by atoms with van der Waals surface area (Å²) in [5.74, 6) is 2.33. The van der Waals surface area contributed by atoms with Gasteiger partial charge < -0.3 is 29.9 Å². The monoisotopic (exact) mass is 582 g/mol. The molecule has 2 aliphatic heterocycles. The number of hydrogen-bond donors (Lipinski definition) is 2. The highest BCUT2D eigenvalue weighted by Gasteiger charge is 2.30. The van der Waals surface area contributed by atoms with Crippen LogP contribution in [0, 0.1) is 5.92 Å². The average molecular weight is 583 g/mol. The number of fused-ring (bicyclic) bond motifs is 1. The van der Waals surface area contributed by atoms with Crippen LogP contribution >= 0.6 is 11.6 Å². The maximum atomic E-state index is 13.1. The number of likely N-dealkylation sites (tertiary alicyclic amines) is 1. The maximum absolute atomic E-state index is 13.1. The average Bonchev–Trinajstić information content (AvgIpc) is 3.44. The third-order valence-electron chi connectivity index (χ3n) is 8.09. The fourth-order valence-corrected chi connectivity index (χ4v) is 5.92. The zero-order chi connectivity index (χ0) is 28.8. The van der Waals surface area contributed by atoms with Crippen LogP contribution in [0.1, 0.15) is 50.5 Å². The van der Waals surface area contributed by atoms with Crippen LogP contribution in [-0.4, -0.2) is 84.6 Å². The summed E-state index contributed by atoms with van der Waals surface area (Å²) in [4.78, 5) is 38.3. The molecule has 2 N–H and O–H groups in total. The van der Waals surface area contributed by atoms with Gasteiger partial charge >= 0.3 is 0 Å². The molecule has 1 saturated heterocycles. The first-order valence-corrected chi connectivity index (χ1v) is 14.9. The largest absolute Gasteiger partial charge is 0.489 e. The quantitative estimate of drug-likeness (QED) is 0.436. The topological polar surface area (TPSA) is 109 Å². The van der Waals surface area contributed by atoms with E-state index < -0.39 is 0 Å². The van der Waals surface area contributed by atoms with E-state index in [0.717, 1.165) is 44.5 Å². The summed E-state index contributed by atoms with van der Waals surface area (Å²) in [5.41, 5.74) is 2.12. The number of hydrogen-bond acceptors (Lipinski definition) is 8. The molecule has 2 aromatic rings. The smallest absolute Gasteiger partial charge is 0.249 e.